The summed E-state index contributed by atoms with van der Waals surface area (Å²) in [5, 5.41) is 0. The van der Waals surface area contributed by atoms with E-state index < -0.39 is 0 Å². The Labute approximate surface area is 223 Å². The number of aromatic nitrogens is 2. The maximum absolute atomic E-state index is 13.5. The number of fused-ring (bicyclic) bond motifs is 1. The van der Waals surface area contributed by atoms with Crippen molar-refractivity contribution in [2.45, 2.75) is 109 Å². The summed E-state index contributed by atoms with van der Waals surface area (Å²) in [6.07, 6.45) is 14.4. The van der Waals surface area contributed by atoms with Crippen LogP contribution in [0.15, 0.2) is 48.5 Å². The number of carbonyl (C=O) groups is 1. The average molecular weight is 500 g/mol. The van der Waals surface area contributed by atoms with Gasteiger partial charge in [-0.1, -0.05) is 75.4 Å². The van der Waals surface area contributed by atoms with Crippen LogP contribution in [0.1, 0.15) is 103 Å². The number of benzene rings is 2. The first-order valence-corrected chi connectivity index (χ1v) is 15.0. The van der Waals surface area contributed by atoms with Crippen molar-refractivity contribution in [2.24, 2.45) is 5.92 Å². The third-order valence-electron chi connectivity index (χ3n) is 9.02. The first-order valence-electron chi connectivity index (χ1n) is 15.0. The third kappa shape index (κ3) is 5.94. The van der Waals surface area contributed by atoms with Crippen molar-refractivity contribution in [3.05, 3.63) is 54.4 Å². The van der Waals surface area contributed by atoms with Crippen molar-refractivity contribution in [3.63, 3.8) is 0 Å². The second-order valence-corrected chi connectivity index (χ2v) is 11.4. The van der Waals surface area contributed by atoms with E-state index in [0.717, 1.165) is 24.5 Å². The van der Waals surface area contributed by atoms with Gasteiger partial charge in [-0.15, -0.1) is 0 Å². The van der Waals surface area contributed by atoms with Gasteiger partial charge >= 0.3 is 0 Å². The van der Waals surface area contributed by atoms with Crippen LogP contribution in [0.3, 0.4) is 0 Å². The highest BCUT2D eigenvalue weighted by atomic mass is 16.2. The third-order valence-corrected chi connectivity index (χ3v) is 9.02. The predicted octanol–water partition coefficient (Wildman–Crippen LogP) is 8.35. The SMILES string of the molecule is CCC[C@H]1CC[C@H](c2nc3ccc(-c4ccccc4)cc3n2CCC(=O)N(CC)C2CCCCC2)CC1. The van der Waals surface area contributed by atoms with Crippen LogP contribution in [0.5, 0.6) is 0 Å². The summed E-state index contributed by atoms with van der Waals surface area (Å²) in [7, 11) is 0. The van der Waals surface area contributed by atoms with Crippen LogP contribution in [-0.4, -0.2) is 32.9 Å². The lowest BCUT2D eigenvalue weighted by atomic mass is 9.79. The van der Waals surface area contributed by atoms with Crippen LogP contribution >= 0.6 is 0 Å². The van der Waals surface area contributed by atoms with Gasteiger partial charge in [0.1, 0.15) is 5.82 Å². The predicted molar refractivity (Wildman–Crippen MR) is 154 cm³/mol. The van der Waals surface area contributed by atoms with Crippen molar-refractivity contribution in [3.8, 4) is 11.1 Å². The van der Waals surface area contributed by atoms with Gasteiger partial charge in [0.05, 0.1) is 11.0 Å². The van der Waals surface area contributed by atoms with Gasteiger partial charge in [0.2, 0.25) is 5.91 Å². The topological polar surface area (TPSA) is 38.1 Å². The molecule has 0 unspecified atom stereocenters. The summed E-state index contributed by atoms with van der Waals surface area (Å²) in [4.78, 5) is 20.9. The fraction of sp³-hybridized carbons (Fsp3) is 0.576. The Kier molecular flexibility index (Phi) is 8.63. The Hall–Kier alpha value is -2.62. The molecule has 0 radical (unpaired) electrons. The molecule has 0 aliphatic heterocycles. The minimum absolute atomic E-state index is 0.313. The van der Waals surface area contributed by atoms with E-state index in [0.29, 0.717) is 24.3 Å². The number of nitrogens with zero attached hydrogens (tertiary/aromatic N) is 3. The van der Waals surface area contributed by atoms with Crippen LogP contribution in [0.4, 0.5) is 0 Å². The molecular weight excluding hydrogens is 454 g/mol. The molecule has 3 aromatic rings. The van der Waals surface area contributed by atoms with Gasteiger partial charge in [-0.2, -0.15) is 0 Å². The summed E-state index contributed by atoms with van der Waals surface area (Å²) >= 11 is 0. The van der Waals surface area contributed by atoms with Crippen molar-refractivity contribution in [1.29, 1.82) is 0 Å². The standard InChI is InChI=1S/C33H45N3O/c1-3-11-25-16-18-27(19-17-25)33-34-30-21-20-28(26-12-7-5-8-13-26)24-31(30)36(33)23-22-32(37)35(4-2)29-14-9-6-10-15-29/h5,7-8,12-13,20-21,24-25,27,29H,3-4,6,9-11,14-19,22-23H2,1-2H3/t25-,27-. The summed E-state index contributed by atoms with van der Waals surface area (Å²) in [5.74, 6) is 2.90. The van der Waals surface area contributed by atoms with Crippen molar-refractivity contribution < 1.29 is 4.79 Å². The molecule has 1 heterocycles. The fourth-order valence-corrected chi connectivity index (χ4v) is 7.00. The Morgan fingerprint density at radius 3 is 2.38 bits per heavy atom. The van der Waals surface area contributed by atoms with Crippen LogP contribution in [-0.2, 0) is 11.3 Å². The van der Waals surface area contributed by atoms with Gasteiger partial charge in [0, 0.05) is 31.5 Å². The molecule has 0 N–H and O–H groups in total. The highest BCUT2D eigenvalue weighted by molar-refractivity contribution is 5.83. The Morgan fingerprint density at radius 1 is 0.919 bits per heavy atom. The van der Waals surface area contributed by atoms with Gasteiger partial charge in [-0.25, -0.2) is 4.98 Å². The molecule has 0 atom stereocenters. The first-order chi connectivity index (χ1) is 18.2. The molecular formula is C33H45N3O. The number of amides is 1. The van der Waals surface area contributed by atoms with E-state index >= 15 is 0 Å². The zero-order valence-corrected chi connectivity index (χ0v) is 23.0. The molecule has 2 fully saturated rings. The van der Waals surface area contributed by atoms with Crippen molar-refractivity contribution in [2.75, 3.05) is 6.54 Å². The smallest absolute Gasteiger partial charge is 0.224 e. The lowest BCUT2D eigenvalue weighted by molar-refractivity contribution is -0.134. The highest BCUT2D eigenvalue weighted by Gasteiger charge is 2.28. The van der Waals surface area contributed by atoms with Crippen LogP contribution in [0.2, 0.25) is 0 Å². The quantitative estimate of drug-likeness (QED) is 0.297. The van der Waals surface area contributed by atoms with Crippen molar-refractivity contribution >= 4 is 16.9 Å². The molecule has 2 aliphatic carbocycles. The Bertz CT molecular complexity index is 1150. The Morgan fingerprint density at radius 2 is 1.68 bits per heavy atom. The molecule has 0 saturated heterocycles. The zero-order valence-electron chi connectivity index (χ0n) is 23.0. The molecule has 2 saturated carbocycles. The minimum atomic E-state index is 0.313. The normalized spacial score (nSPS) is 20.8. The van der Waals surface area contributed by atoms with Crippen LogP contribution in [0.25, 0.3) is 22.2 Å². The summed E-state index contributed by atoms with van der Waals surface area (Å²) < 4.78 is 2.42. The maximum atomic E-state index is 13.5. The number of aryl methyl sites for hydroxylation is 1. The molecule has 4 heteroatoms. The van der Waals surface area contributed by atoms with E-state index in [-0.39, 0.29) is 0 Å². The number of hydrogen-bond donors (Lipinski definition) is 0. The molecule has 5 rings (SSSR count). The summed E-state index contributed by atoms with van der Waals surface area (Å²) in [6.45, 7) is 5.99. The highest BCUT2D eigenvalue weighted by Crippen LogP contribution is 2.39. The van der Waals surface area contributed by atoms with Gasteiger partial charge in [-0.05, 0) is 74.6 Å². The maximum Gasteiger partial charge on any atom is 0.224 e. The van der Waals surface area contributed by atoms with Crippen LogP contribution in [0, 0.1) is 5.92 Å². The number of hydrogen-bond acceptors (Lipinski definition) is 2. The molecule has 2 aromatic carbocycles. The van der Waals surface area contributed by atoms with E-state index in [1.54, 1.807) is 0 Å². The molecule has 198 valence electrons. The molecule has 0 spiro atoms. The number of carbonyl (C=O) groups excluding carboxylic acids is 1. The van der Waals surface area contributed by atoms with Crippen LogP contribution < -0.4 is 0 Å². The van der Waals surface area contributed by atoms with Gasteiger partial charge in [0.15, 0.2) is 0 Å². The van der Waals surface area contributed by atoms with Crippen molar-refractivity contribution in [1.82, 2.24) is 14.5 Å². The number of rotatable bonds is 9. The molecule has 1 amide bonds. The molecule has 4 nitrogen and oxygen atoms in total. The fourth-order valence-electron chi connectivity index (χ4n) is 7.00. The molecule has 2 aliphatic rings. The molecule has 1 aromatic heterocycles. The lowest BCUT2D eigenvalue weighted by Crippen LogP contribution is -2.41. The lowest BCUT2D eigenvalue weighted by Gasteiger charge is -2.34. The number of imidazole rings is 1. The molecule has 0 bridgehead atoms. The first kappa shape index (κ1) is 26.0. The molecule has 37 heavy (non-hydrogen) atoms. The average Bonchev–Trinajstić information content (AvgIpc) is 3.31. The monoisotopic (exact) mass is 499 g/mol. The van der Waals surface area contributed by atoms with E-state index in [4.69, 9.17) is 4.98 Å². The van der Waals surface area contributed by atoms with E-state index in [1.807, 2.05) is 0 Å². The largest absolute Gasteiger partial charge is 0.340 e. The van der Waals surface area contributed by atoms with E-state index in [2.05, 4.69) is 71.8 Å². The van der Waals surface area contributed by atoms with E-state index in [1.165, 1.54) is 93.1 Å². The summed E-state index contributed by atoms with van der Waals surface area (Å²) in [6, 6.07) is 17.7. The zero-order chi connectivity index (χ0) is 25.6. The van der Waals surface area contributed by atoms with Gasteiger partial charge in [0.25, 0.3) is 0 Å². The second kappa shape index (κ2) is 12.3. The second-order valence-electron chi connectivity index (χ2n) is 11.4. The summed E-state index contributed by atoms with van der Waals surface area (Å²) in [5.41, 5.74) is 4.69. The van der Waals surface area contributed by atoms with E-state index in [9.17, 15) is 4.79 Å². The Balaban J connectivity index is 1.42. The van der Waals surface area contributed by atoms with Gasteiger partial charge < -0.3 is 9.47 Å². The van der Waals surface area contributed by atoms with Gasteiger partial charge in [-0.3, -0.25) is 4.79 Å². The minimum Gasteiger partial charge on any atom is -0.340 e.